The molecule has 152 valence electrons. The maximum absolute atomic E-state index is 11.7. The molecule has 1 heterocycles. The van der Waals surface area contributed by atoms with Crippen molar-refractivity contribution >= 4 is 6.09 Å². The average molecular weight is 379 g/mol. The first kappa shape index (κ1) is 21.5. The summed E-state index contributed by atoms with van der Waals surface area (Å²) in [5.41, 5.74) is 2.33. The van der Waals surface area contributed by atoms with Crippen molar-refractivity contribution < 1.29 is 19.4 Å². The lowest BCUT2D eigenvalue weighted by Gasteiger charge is -2.35. The Morgan fingerprint density at radius 3 is 2.48 bits per heavy atom. The molecular formula is C21H34N2O4. The first-order valence-electron chi connectivity index (χ1n) is 9.76. The smallest absolute Gasteiger partial charge is 0.409 e. The molecule has 0 unspecified atom stereocenters. The Bertz CT molecular complexity index is 619. The zero-order valence-corrected chi connectivity index (χ0v) is 17.3. The number of β-amino-alcohol motifs (C(OH)–C–C–N with tert-alkyl or cyclic N) is 1. The van der Waals surface area contributed by atoms with Gasteiger partial charge in [0.15, 0.2) is 0 Å². The van der Waals surface area contributed by atoms with Gasteiger partial charge < -0.3 is 19.5 Å². The molecule has 1 saturated heterocycles. The molecular weight excluding hydrogens is 344 g/mol. The fourth-order valence-electron chi connectivity index (χ4n) is 3.22. The summed E-state index contributed by atoms with van der Waals surface area (Å²) in [6.07, 6.45) is -0.830. The van der Waals surface area contributed by atoms with Crippen molar-refractivity contribution in [1.29, 1.82) is 0 Å². The van der Waals surface area contributed by atoms with Gasteiger partial charge in [-0.2, -0.15) is 0 Å². The average Bonchev–Trinajstić information content (AvgIpc) is 2.60. The van der Waals surface area contributed by atoms with E-state index in [1.807, 2.05) is 19.1 Å². The van der Waals surface area contributed by atoms with Gasteiger partial charge in [-0.25, -0.2) is 4.79 Å². The Kier molecular flexibility index (Phi) is 7.50. The van der Waals surface area contributed by atoms with Crippen molar-refractivity contribution in [3.05, 3.63) is 29.3 Å². The molecule has 1 aromatic rings. The second-order valence-corrected chi connectivity index (χ2v) is 8.20. The van der Waals surface area contributed by atoms with E-state index in [1.54, 1.807) is 4.90 Å². The topological polar surface area (TPSA) is 62.2 Å². The van der Waals surface area contributed by atoms with Gasteiger partial charge in [-0.15, -0.1) is 0 Å². The molecule has 0 aromatic heterocycles. The molecule has 1 aliphatic heterocycles. The summed E-state index contributed by atoms with van der Waals surface area (Å²) in [4.78, 5) is 15.6. The zero-order valence-electron chi connectivity index (χ0n) is 17.3. The normalized spacial score (nSPS) is 16.9. The predicted molar refractivity (Wildman–Crippen MR) is 106 cm³/mol. The molecule has 1 aromatic carbocycles. The molecule has 1 aliphatic rings. The third-order valence-corrected chi connectivity index (χ3v) is 4.74. The summed E-state index contributed by atoms with van der Waals surface area (Å²) in [6, 6.07) is 6.17. The van der Waals surface area contributed by atoms with Crippen LogP contribution in [0.4, 0.5) is 4.79 Å². The quantitative estimate of drug-likeness (QED) is 0.825. The van der Waals surface area contributed by atoms with Crippen molar-refractivity contribution in [3.63, 3.8) is 0 Å². The summed E-state index contributed by atoms with van der Waals surface area (Å²) < 4.78 is 11.0. The summed E-state index contributed by atoms with van der Waals surface area (Å²) >= 11 is 0. The third kappa shape index (κ3) is 6.40. The molecule has 0 saturated carbocycles. The minimum atomic E-state index is -0.576. The first-order valence-corrected chi connectivity index (χ1v) is 9.76. The number of hydrogen-bond acceptors (Lipinski definition) is 5. The van der Waals surface area contributed by atoms with Gasteiger partial charge in [-0.3, -0.25) is 4.90 Å². The summed E-state index contributed by atoms with van der Waals surface area (Å²) in [6.45, 7) is 14.3. The van der Waals surface area contributed by atoms with E-state index in [0.29, 0.717) is 26.2 Å². The fraction of sp³-hybridized carbons (Fsp3) is 0.667. The molecule has 6 nitrogen and oxygen atoms in total. The molecule has 1 fully saturated rings. The highest BCUT2D eigenvalue weighted by atomic mass is 16.6. The van der Waals surface area contributed by atoms with Crippen LogP contribution >= 0.6 is 0 Å². The summed E-state index contributed by atoms with van der Waals surface area (Å²) in [7, 11) is 0. The van der Waals surface area contributed by atoms with Crippen LogP contribution in [0.5, 0.6) is 5.75 Å². The van der Waals surface area contributed by atoms with Gasteiger partial charge in [0.2, 0.25) is 0 Å². The molecule has 1 atom stereocenters. The number of carbonyl (C=O) groups excluding carboxylic acids is 1. The van der Waals surface area contributed by atoms with Crippen LogP contribution < -0.4 is 4.74 Å². The van der Waals surface area contributed by atoms with Crippen molar-refractivity contribution in [2.45, 2.75) is 46.1 Å². The molecule has 0 spiro atoms. The lowest BCUT2D eigenvalue weighted by Crippen LogP contribution is -2.51. The number of benzene rings is 1. The van der Waals surface area contributed by atoms with Gasteiger partial charge in [0, 0.05) is 32.7 Å². The highest BCUT2D eigenvalue weighted by Crippen LogP contribution is 2.32. The number of aryl methyl sites for hydroxylation is 1. The Labute approximate surface area is 163 Å². The molecule has 0 radical (unpaired) electrons. The number of nitrogens with zero attached hydrogens (tertiary/aromatic N) is 2. The Hall–Kier alpha value is -1.79. The number of amides is 1. The van der Waals surface area contributed by atoms with E-state index in [-0.39, 0.29) is 18.1 Å². The van der Waals surface area contributed by atoms with Crippen LogP contribution in [0.1, 0.15) is 38.8 Å². The van der Waals surface area contributed by atoms with E-state index < -0.39 is 6.10 Å². The lowest BCUT2D eigenvalue weighted by atomic mass is 9.85. The van der Waals surface area contributed by atoms with Crippen LogP contribution in [0.3, 0.4) is 0 Å². The van der Waals surface area contributed by atoms with E-state index in [9.17, 15) is 9.90 Å². The van der Waals surface area contributed by atoms with Crippen LogP contribution in [0.25, 0.3) is 0 Å². The largest absolute Gasteiger partial charge is 0.491 e. The number of aliphatic hydroxyl groups is 1. The monoisotopic (exact) mass is 378 g/mol. The molecule has 0 aliphatic carbocycles. The second kappa shape index (κ2) is 9.42. The van der Waals surface area contributed by atoms with Crippen LogP contribution in [0.2, 0.25) is 0 Å². The minimum Gasteiger partial charge on any atom is -0.491 e. The van der Waals surface area contributed by atoms with Crippen LogP contribution in [-0.2, 0) is 10.2 Å². The highest BCUT2D eigenvalue weighted by Gasteiger charge is 2.24. The van der Waals surface area contributed by atoms with E-state index in [0.717, 1.165) is 24.4 Å². The summed E-state index contributed by atoms with van der Waals surface area (Å²) in [5, 5.41) is 10.4. The van der Waals surface area contributed by atoms with Gasteiger partial charge in [0.25, 0.3) is 0 Å². The van der Waals surface area contributed by atoms with Gasteiger partial charge in [-0.1, -0.05) is 38.5 Å². The van der Waals surface area contributed by atoms with Crippen molar-refractivity contribution in [1.82, 2.24) is 9.80 Å². The number of carbonyl (C=O) groups is 1. The van der Waals surface area contributed by atoms with Crippen LogP contribution in [-0.4, -0.2) is 73.0 Å². The SMILES string of the molecule is CCOC(=O)N1CCN(C[C@H](O)COc2ccc(C)cc2C(C)(C)C)CC1. The van der Waals surface area contributed by atoms with Crippen molar-refractivity contribution in [2.75, 3.05) is 45.9 Å². The molecule has 0 bridgehead atoms. The van der Waals surface area contributed by atoms with E-state index in [1.165, 1.54) is 5.56 Å². The Morgan fingerprint density at radius 2 is 1.89 bits per heavy atom. The van der Waals surface area contributed by atoms with Gasteiger partial charge >= 0.3 is 6.09 Å². The fourth-order valence-corrected chi connectivity index (χ4v) is 3.22. The van der Waals surface area contributed by atoms with Crippen molar-refractivity contribution in [3.8, 4) is 5.75 Å². The van der Waals surface area contributed by atoms with Crippen molar-refractivity contribution in [2.24, 2.45) is 0 Å². The molecule has 2 rings (SSSR count). The first-order chi connectivity index (χ1) is 12.7. The summed E-state index contributed by atoms with van der Waals surface area (Å²) in [5.74, 6) is 0.833. The highest BCUT2D eigenvalue weighted by molar-refractivity contribution is 5.67. The van der Waals surface area contributed by atoms with Crippen LogP contribution in [0, 0.1) is 6.92 Å². The molecule has 1 N–H and O–H groups in total. The zero-order chi connectivity index (χ0) is 20.0. The van der Waals surface area contributed by atoms with Gasteiger partial charge in [0.05, 0.1) is 6.61 Å². The predicted octanol–water partition coefficient (Wildman–Crippen LogP) is 2.81. The van der Waals surface area contributed by atoms with Gasteiger partial charge in [-0.05, 0) is 30.9 Å². The number of hydrogen-bond donors (Lipinski definition) is 1. The van der Waals surface area contributed by atoms with Crippen LogP contribution in [0.15, 0.2) is 18.2 Å². The van der Waals surface area contributed by atoms with E-state index >= 15 is 0 Å². The number of rotatable bonds is 6. The standard InChI is InChI=1S/C21H34N2O4/c1-6-26-20(25)23-11-9-22(10-12-23)14-17(24)15-27-19-8-7-16(2)13-18(19)21(3,4)5/h7-8,13,17,24H,6,9-12,14-15H2,1-5H3/t17-/m0/s1. The Morgan fingerprint density at radius 1 is 1.22 bits per heavy atom. The van der Waals surface area contributed by atoms with E-state index in [2.05, 4.69) is 38.7 Å². The number of piperazine rings is 1. The molecule has 27 heavy (non-hydrogen) atoms. The lowest BCUT2D eigenvalue weighted by molar-refractivity contribution is 0.0404. The molecule has 1 amide bonds. The van der Waals surface area contributed by atoms with E-state index in [4.69, 9.17) is 9.47 Å². The Balaban J connectivity index is 1.82. The number of aliphatic hydroxyl groups excluding tert-OH is 1. The minimum absolute atomic E-state index is 0.0181. The molecule has 6 heteroatoms. The second-order valence-electron chi connectivity index (χ2n) is 8.20. The van der Waals surface area contributed by atoms with Gasteiger partial charge in [0.1, 0.15) is 18.5 Å². The number of ether oxygens (including phenoxy) is 2. The third-order valence-electron chi connectivity index (χ3n) is 4.74. The maximum atomic E-state index is 11.7. The maximum Gasteiger partial charge on any atom is 0.409 e.